The molecule has 5 heteroatoms. The molecule has 2 aromatic carbocycles. The minimum atomic E-state index is -1.21. The number of piperidine rings is 1. The Kier molecular flexibility index (Phi) is 5.41. The molecule has 1 saturated heterocycles. The Labute approximate surface area is 172 Å². The topological polar surface area (TPSA) is 58.6 Å². The fraction of sp³-hybridized carbons (Fsp3) is 0.417. The second kappa shape index (κ2) is 7.99. The summed E-state index contributed by atoms with van der Waals surface area (Å²) >= 11 is 0. The van der Waals surface area contributed by atoms with Gasteiger partial charge in [0.25, 0.3) is 5.91 Å². The Balaban J connectivity index is 1.40. The summed E-state index contributed by atoms with van der Waals surface area (Å²) in [5.41, 5.74) is 2.11. The van der Waals surface area contributed by atoms with Crippen LogP contribution in [0.1, 0.15) is 48.2 Å². The molecule has 5 nitrogen and oxygen atoms in total. The molecular formula is C24H28N2O3. The normalized spacial score (nSPS) is 24.5. The lowest BCUT2D eigenvalue weighted by Gasteiger charge is -2.33. The van der Waals surface area contributed by atoms with Gasteiger partial charge in [-0.05, 0) is 61.6 Å². The minimum Gasteiger partial charge on any atom is -0.445 e. The molecule has 1 amide bonds. The molecule has 152 valence electrons. The van der Waals surface area contributed by atoms with E-state index >= 15 is 0 Å². The Hall–Kier alpha value is -2.66. The van der Waals surface area contributed by atoms with Crippen LogP contribution in [0.5, 0.6) is 0 Å². The molecule has 0 aliphatic carbocycles. The van der Waals surface area contributed by atoms with Crippen molar-refractivity contribution in [3.63, 3.8) is 0 Å². The summed E-state index contributed by atoms with van der Waals surface area (Å²) in [6.07, 6.45) is 2.94. The van der Waals surface area contributed by atoms with Gasteiger partial charge in [0, 0.05) is 25.2 Å². The van der Waals surface area contributed by atoms with Gasteiger partial charge in [-0.25, -0.2) is 4.79 Å². The number of amides is 1. The second-order valence-corrected chi connectivity index (χ2v) is 8.59. The first-order valence-corrected chi connectivity index (χ1v) is 10.4. The van der Waals surface area contributed by atoms with Crippen molar-refractivity contribution in [1.82, 2.24) is 4.90 Å². The summed E-state index contributed by atoms with van der Waals surface area (Å²) in [6.45, 7) is 7.20. The number of rotatable bonds is 4. The lowest BCUT2D eigenvalue weighted by Crippen LogP contribution is -2.48. The summed E-state index contributed by atoms with van der Waals surface area (Å²) in [6, 6.07) is 15.2. The Morgan fingerprint density at radius 2 is 1.97 bits per heavy atom. The van der Waals surface area contributed by atoms with Crippen LogP contribution in [0.3, 0.4) is 0 Å². The number of ether oxygens (including phenoxy) is 1. The summed E-state index contributed by atoms with van der Waals surface area (Å²) in [4.78, 5) is 27.7. The summed E-state index contributed by atoms with van der Waals surface area (Å²) < 4.78 is 5.51. The molecule has 4 rings (SSSR count). The SMILES string of the molecule is CC1CCCN(Cc2ccc(NC(=O)C3(C)Cc4ccccc4C(=O)O3)cc2)C1. The summed E-state index contributed by atoms with van der Waals surface area (Å²) in [5, 5.41) is 2.91. The van der Waals surface area contributed by atoms with E-state index in [-0.39, 0.29) is 5.91 Å². The van der Waals surface area contributed by atoms with Gasteiger partial charge in [0.1, 0.15) is 0 Å². The average Bonchev–Trinajstić information content (AvgIpc) is 2.69. The van der Waals surface area contributed by atoms with E-state index < -0.39 is 11.6 Å². The molecular weight excluding hydrogens is 364 g/mol. The maximum absolute atomic E-state index is 12.9. The zero-order chi connectivity index (χ0) is 20.4. The van der Waals surface area contributed by atoms with E-state index in [1.54, 1.807) is 19.1 Å². The molecule has 2 unspecified atom stereocenters. The van der Waals surface area contributed by atoms with Crippen LogP contribution in [0.2, 0.25) is 0 Å². The number of anilines is 1. The molecule has 2 aliphatic heterocycles. The van der Waals surface area contributed by atoms with Gasteiger partial charge in [0.05, 0.1) is 5.56 Å². The average molecular weight is 392 g/mol. The number of nitrogens with zero attached hydrogens (tertiary/aromatic N) is 1. The van der Waals surface area contributed by atoms with Gasteiger partial charge in [0.2, 0.25) is 0 Å². The highest BCUT2D eigenvalue weighted by molar-refractivity contribution is 6.02. The third kappa shape index (κ3) is 4.35. The highest BCUT2D eigenvalue weighted by atomic mass is 16.6. The van der Waals surface area contributed by atoms with Gasteiger partial charge in [-0.1, -0.05) is 37.3 Å². The van der Waals surface area contributed by atoms with E-state index in [1.807, 2.05) is 24.3 Å². The fourth-order valence-electron chi connectivity index (χ4n) is 4.30. The molecule has 0 saturated carbocycles. The number of nitrogens with one attached hydrogen (secondary N) is 1. The molecule has 0 bridgehead atoms. The van der Waals surface area contributed by atoms with E-state index in [0.29, 0.717) is 17.7 Å². The number of hydrogen-bond acceptors (Lipinski definition) is 4. The first-order chi connectivity index (χ1) is 13.9. The molecule has 1 N–H and O–H groups in total. The largest absolute Gasteiger partial charge is 0.445 e. The van der Waals surface area contributed by atoms with Gasteiger partial charge < -0.3 is 10.1 Å². The van der Waals surface area contributed by atoms with Gasteiger partial charge in [-0.3, -0.25) is 9.69 Å². The second-order valence-electron chi connectivity index (χ2n) is 8.59. The molecule has 2 atom stereocenters. The zero-order valence-electron chi connectivity index (χ0n) is 17.1. The third-order valence-corrected chi connectivity index (χ3v) is 5.92. The first-order valence-electron chi connectivity index (χ1n) is 10.4. The van der Waals surface area contributed by atoms with Crippen LogP contribution in [0.4, 0.5) is 5.69 Å². The molecule has 0 aromatic heterocycles. The van der Waals surface area contributed by atoms with Crippen molar-refractivity contribution in [3.8, 4) is 0 Å². The maximum atomic E-state index is 12.9. The Morgan fingerprint density at radius 3 is 2.72 bits per heavy atom. The Morgan fingerprint density at radius 1 is 1.21 bits per heavy atom. The number of benzene rings is 2. The number of hydrogen-bond donors (Lipinski definition) is 1. The van der Waals surface area contributed by atoms with Crippen LogP contribution in [0.15, 0.2) is 48.5 Å². The quantitative estimate of drug-likeness (QED) is 0.798. The molecule has 1 fully saturated rings. The van der Waals surface area contributed by atoms with Crippen LogP contribution in [-0.2, 0) is 22.5 Å². The van der Waals surface area contributed by atoms with Crippen molar-refractivity contribution in [2.45, 2.75) is 45.3 Å². The first kappa shape index (κ1) is 19.6. The fourth-order valence-corrected chi connectivity index (χ4v) is 4.30. The number of carbonyl (C=O) groups is 2. The van der Waals surface area contributed by atoms with Crippen molar-refractivity contribution in [2.75, 3.05) is 18.4 Å². The van der Waals surface area contributed by atoms with Crippen molar-refractivity contribution in [2.24, 2.45) is 5.92 Å². The lowest BCUT2D eigenvalue weighted by molar-refractivity contribution is -0.134. The molecule has 2 aliphatic rings. The molecule has 0 spiro atoms. The monoisotopic (exact) mass is 392 g/mol. The lowest BCUT2D eigenvalue weighted by atomic mass is 9.89. The van der Waals surface area contributed by atoms with Crippen molar-refractivity contribution in [1.29, 1.82) is 0 Å². The predicted molar refractivity (Wildman–Crippen MR) is 113 cm³/mol. The summed E-state index contributed by atoms with van der Waals surface area (Å²) in [7, 11) is 0. The Bertz CT molecular complexity index is 909. The molecule has 0 radical (unpaired) electrons. The van der Waals surface area contributed by atoms with Crippen LogP contribution in [0, 0.1) is 5.92 Å². The van der Waals surface area contributed by atoms with Crippen LogP contribution in [0.25, 0.3) is 0 Å². The predicted octanol–water partition coefficient (Wildman–Crippen LogP) is 4.03. The van der Waals surface area contributed by atoms with E-state index in [9.17, 15) is 9.59 Å². The van der Waals surface area contributed by atoms with Crippen molar-refractivity contribution < 1.29 is 14.3 Å². The molecule has 2 aromatic rings. The van der Waals surface area contributed by atoms with Gasteiger partial charge in [0.15, 0.2) is 5.60 Å². The van der Waals surface area contributed by atoms with Gasteiger partial charge >= 0.3 is 5.97 Å². The number of likely N-dealkylation sites (tertiary alicyclic amines) is 1. The molecule has 29 heavy (non-hydrogen) atoms. The van der Waals surface area contributed by atoms with E-state index in [1.165, 1.54) is 18.4 Å². The van der Waals surface area contributed by atoms with Crippen LogP contribution in [-0.4, -0.2) is 35.5 Å². The summed E-state index contributed by atoms with van der Waals surface area (Å²) in [5.74, 6) is -0.0000411. The third-order valence-electron chi connectivity index (χ3n) is 5.92. The highest BCUT2D eigenvalue weighted by Crippen LogP contribution is 2.29. The standard InChI is InChI=1S/C24H28N2O3/c1-17-6-5-13-26(15-17)16-18-9-11-20(12-10-18)25-23(28)24(2)14-19-7-3-4-8-21(19)22(27)29-24/h3-4,7-12,17H,5-6,13-16H2,1-2H3,(H,25,28). The number of fused-ring (bicyclic) bond motifs is 1. The number of cyclic esters (lactones) is 1. The van der Waals surface area contributed by atoms with E-state index in [2.05, 4.69) is 29.3 Å². The van der Waals surface area contributed by atoms with Crippen molar-refractivity contribution in [3.05, 3.63) is 65.2 Å². The highest BCUT2D eigenvalue weighted by Gasteiger charge is 2.42. The molecule has 2 heterocycles. The van der Waals surface area contributed by atoms with Crippen LogP contribution < -0.4 is 5.32 Å². The number of carbonyl (C=O) groups excluding carboxylic acids is 2. The van der Waals surface area contributed by atoms with E-state index in [0.717, 1.165) is 31.1 Å². The minimum absolute atomic E-state index is 0.307. The van der Waals surface area contributed by atoms with Crippen LogP contribution >= 0.6 is 0 Å². The zero-order valence-corrected chi connectivity index (χ0v) is 17.1. The van der Waals surface area contributed by atoms with Gasteiger partial charge in [-0.15, -0.1) is 0 Å². The van der Waals surface area contributed by atoms with E-state index in [4.69, 9.17) is 4.74 Å². The number of esters is 1. The van der Waals surface area contributed by atoms with Gasteiger partial charge in [-0.2, -0.15) is 0 Å². The smallest absolute Gasteiger partial charge is 0.339 e. The maximum Gasteiger partial charge on any atom is 0.339 e. The van der Waals surface area contributed by atoms with Crippen molar-refractivity contribution >= 4 is 17.6 Å².